The number of carbonyl (C=O) groups is 1. The third-order valence-corrected chi connectivity index (χ3v) is 9.22. The number of phenolic OH excluding ortho intramolecular Hbond substituents is 1. The monoisotopic (exact) mass is 570 g/mol. The molecule has 8 nitrogen and oxygen atoms in total. The second-order valence-corrected chi connectivity index (χ2v) is 11.4. The van der Waals surface area contributed by atoms with E-state index in [9.17, 15) is 9.90 Å². The predicted octanol–water partition coefficient (Wildman–Crippen LogP) is 5.40. The van der Waals surface area contributed by atoms with Gasteiger partial charge in [-0.15, -0.1) is 0 Å². The number of hydrogen-bond acceptors (Lipinski definition) is 7. The third kappa shape index (κ3) is 4.07. The first-order chi connectivity index (χ1) is 20.2. The summed E-state index contributed by atoms with van der Waals surface area (Å²) in [5, 5.41) is 11.5. The van der Waals surface area contributed by atoms with Gasteiger partial charge in [0.1, 0.15) is 0 Å². The summed E-state index contributed by atoms with van der Waals surface area (Å²) in [5.74, 6) is 1.85. The van der Waals surface area contributed by atoms with Gasteiger partial charge >= 0.3 is 0 Å². The van der Waals surface area contributed by atoms with Crippen LogP contribution in [0.1, 0.15) is 56.6 Å². The summed E-state index contributed by atoms with van der Waals surface area (Å²) in [6.07, 6.45) is 2.57. The van der Waals surface area contributed by atoms with E-state index in [1.165, 1.54) is 0 Å². The molecular formula is C34H38N2O6. The summed E-state index contributed by atoms with van der Waals surface area (Å²) in [7, 11) is 6.81. The number of phenols is 1. The minimum atomic E-state index is -0.464. The standard InChI is InChI=1S/C34H38N2O6/c1-18-13-22-14-25-34(38)36-24(29(35(25)4)27(22)30(37)31(18)39-5)15-23-19(2)20(3)32(40-6)33(41-7)28(23)26(36)17-42-16-21-11-9-8-10-12-21/h8-13,15,25-26,29,37H,14,16-17H2,1-7H3/t25-,26+,29+/m1/s1. The number of ether oxygens (including phenoxy) is 4. The van der Waals surface area contributed by atoms with Crippen molar-refractivity contribution in [3.63, 3.8) is 0 Å². The molecule has 1 fully saturated rings. The maximum absolute atomic E-state index is 14.5. The van der Waals surface area contributed by atoms with E-state index in [0.717, 1.165) is 50.2 Å². The first-order valence-electron chi connectivity index (χ1n) is 14.3. The molecule has 42 heavy (non-hydrogen) atoms. The number of methoxy groups -OCH3 is 3. The summed E-state index contributed by atoms with van der Waals surface area (Å²) in [6.45, 7) is 6.67. The van der Waals surface area contributed by atoms with E-state index in [1.54, 1.807) is 21.3 Å². The number of rotatable bonds is 7. The molecule has 3 aromatic carbocycles. The minimum absolute atomic E-state index is 0.00294. The van der Waals surface area contributed by atoms with E-state index in [2.05, 4.69) is 17.9 Å². The van der Waals surface area contributed by atoms with E-state index in [4.69, 9.17) is 18.9 Å². The highest BCUT2D eigenvalue weighted by Gasteiger charge is 2.52. The Balaban J connectivity index is 1.57. The molecule has 0 unspecified atom stereocenters. The minimum Gasteiger partial charge on any atom is -0.504 e. The molecule has 3 atom stereocenters. The first-order valence-corrected chi connectivity index (χ1v) is 14.3. The maximum atomic E-state index is 14.5. The van der Waals surface area contributed by atoms with Gasteiger partial charge in [-0.05, 0) is 73.7 Å². The SMILES string of the molecule is COc1c(C)cc2c(c1O)[C@@H]1C3=Cc4c(C)c(C)c(OC)c(OC)c4[C@H](COCc4ccccc4)N3C(=O)[C@@H](C2)N1C. The van der Waals surface area contributed by atoms with Crippen molar-refractivity contribution in [1.29, 1.82) is 0 Å². The van der Waals surface area contributed by atoms with Crippen LogP contribution in [0.2, 0.25) is 0 Å². The van der Waals surface area contributed by atoms with Gasteiger partial charge in [-0.3, -0.25) is 9.69 Å². The normalized spacial score (nSPS) is 20.8. The topological polar surface area (TPSA) is 80.7 Å². The van der Waals surface area contributed by atoms with Crippen molar-refractivity contribution >= 4 is 12.0 Å². The van der Waals surface area contributed by atoms with Crippen LogP contribution in [0.25, 0.3) is 6.08 Å². The molecule has 0 aliphatic carbocycles. The molecule has 1 amide bonds. The average Bonchev–Trinajstić information content (AvgIpc) is 2.98. The second-order valence-electron chi connectivity index (χ2n) is 11.4. The predicted molar refractivity (Wildman–Crippen MR) is 160 cm³/mol. The lowest BCUT2D eigenvalue weighted by atomic mass is 9.77. The highest BCUT2D eigenvalue weighted by Crippen LogP contribution is 2.56. The molecule has 3 aliphatic rings. The van der Waals surface area contributed by atoms with Crippen molar-refractivity contribution in [2.45, 2.75) is 51.9 Å². The fourth-order valence-electron chi connectivity index (χ4n) is 7.10. The molecule has 3 heterocycles. The highest BCUT2D eigenvalue weighted by molar-refractivity contribution is 5.91. The van der Waals surface area contributed by atoms with Crippen LogP contribution >= 0.6 is 0 Å². The smallest absolute Gasteiger partial charge is 0.245 e. The number of aryl methyl sites for hydroxylation is 1. The number of hydrogen-bond donors (Lipinski definition) is 1. The van der Waals surface area contributed by atoms with Crippen molar-refractivity contribution in [1.82, 2.24) is 9.80 Å². The van der Waals surface area contributed by atoms with Gasteiger partial charge in [-0.1, -0.05) is 36.4 Å². The summed E-state index contributed by atoms with van der Waals surface area (Å²) >= 11 is 0. The van der Waals surface area contributed by atoms with Gasteiger partial charge in [0.05, 0.1) is 52.7 Å². The Bertz CT molecular complexity index is 1600. The highest BCUT2D eigenvalue weighted by atomic mass is 16.5. The van der Waals surface area contributed by atoms with E-state index >= 15 is 0 Å². The fourth-order valence-corrected chi connectivity index (χ4v) is 7.10. The van der Waals surface area contributed by atoms with Crippen LogP contribution in [0.4, 0.5) is 0 Å². The molecule has 0 aromatic heterocycles. The zero-order valence-corrected chi connectivity index (χ0v) is 25.3. The van der Waals surface area contributed by atoms with Gasteiger partial charge in [0, 0.05) is 16.8 Å². The van der Waals surface area contributed by atoms with Gasteiger partial charge in [0.25, 0.3) is 0 Å². The first kappa shape index (κ1) is 28.1. The number of aromatic hydroxyl groups is 1. The van der Waals surface area contributed by atoms with Crippen LogP contribution in [0, 0.1) is 20.8 Å². The fraction of sp³-hybridized carbons (Fsp3) is 0.382. The zero-order valence-electron chi connectivity index (χ0n) is 25.3. The van der Waals surface area contributed by atoms with Crippen LogP contribution in [0.15, 0.2) is 42.1 Å². The van der Waals surface area contributed by atoms with Crippen LogP contribution in [-0.2, 0) is 22.6 Å². The molecule has 8 heteroatoms. The molecule has 6 rings (SSSR count). The molecule has 2 bridgehead atoms. The van der Waals surface area contributed by atoms with Gasteiger partial charge in [0.15, 0.2) is 23.0 Å². The Kier molecular flexibility index (Phi) is 7.15. The molecule has 0 radical (unpaired) electrons. The lowest BCUT2D eigenvalue weighted by Gasteiger charge is -2.53. The van der Waals surface area contributed by atoms with Crippen LogP contribution < -0.4 is 14.2 Å². The van der Waals surface area contributed by atoms with Crippen molar-refractivity contribution in [2.75, 3.05) is 35.0 Å². The van der Waals surface area contributed by atoms with E-state index in [0.29, 0.717) is 30.3 Å². The molecule has 0 saturated carbocycles. The van der Waals surface area contributed by atoms with Crippen LogP contribution in [-0.4, -0.2) is 61.8 Å². The number of likely N-dealkylation sites (N-methyl/N-ethyl adjacent to an activating group) is 1. The number of fused-ring (bicyclic) bond motifs is 7. The molecular weight excluding hydrogens is 532 g/mol. The third-order valence-electron chi connectivity index (χ3n) is 9.22. The molecule has 0 spiro atoms. The number of carbonyl (C=O) groups excluding carboxylic acids is 1. The van der Waals surface area contributed by atoms with Crippen molar-refractivity contribution < 1.29 is 28.8 Å². The molecule has 1 saturated heterocycles. The van der Waals surface area contributed by atoms with Gasteiger partial charge < -0.3 is 29.0 Å². The zero-order chi connectivity index (χ0) is 29.9. The van der Waals surface area contributed by atoms with Crippen molar-refractivity contribution in [2.24, 2.45) is 0 Å². The quantitative estimate of drug-likeness (QED) is 0.408. The Labute approximate surface area is 247 Å². The number of piperazine rings is 1. The van der Waals surface area contributed by atoms with Crippen molar-refractivity contribution in [3.05, 3.63) is 86.6 Å². The molecule has 220 valence electrons. The summed E-state index contributed by atoms with van der Waals surface area (Å²) < 4.78 is 23.8. The number of amides is 1. The van der Waals surface area contributed by atoms with E-state index in [-0.39, 0.29) is 24.3 Å². The van der Waals surface area contributed by atoms with E-state index < -0.39 is 12.1 Å². The number of nitrogens with zero attached hydrogens (tertiary/aromatic N) is 2. The Hall–Kier alpha value is -4.01. The largest absolute Gasteiger partial charge is 0.504 e. The number of benzene rings is 3. The van der Waals surface area contributed by atoms with Crippen LogP contribution in [0.3, 0.4) is 0 Å². The van der Waals surface area contributed by atoms with E-state index in [1.807, 2.05) is 62.2 Å². The average molecular weight is 571 g/mol. The van der Waals surface area contributed by atoms with Crippen LogP contribution in [0.5, 0.6) is 23.0 Å². The summed E-state index contributed by atoms with van der Waals surface area (Å²) in [5.41, 5.74) is 8.32. The maximum Gasteiger partial charge on any atom is 0.245 e. The molecule has 3 aromatic rings. The Morgan fingerprint density at radius 1 is 0.929 bits per heavy atom. The summed E-state index contributed by atoms with van der Waals surface area (Å²) in [4.78, 5) is 18.4. The lowest BCUT2D eigenvalue weighted by Crippen LogP contribution is -2.60. The lowest BCUT2D eigenvalue weighted by molar-refractivity contribution is -0.145. The Morgan fingerprint density at radius 2 is 1.62 bits per heavy atom. The summed E-state index contributed by atoms with van der Waals surface area (Å²) in [6, 6.07) is 10.8. The molecule has 3 aliphatic heterocycles. The molecule has 1 N–H and O–H groups in total. The second kappa shape index (κ2) is 10.7. The van der Waals surface area contributed by atoms with Gasteiger partial charge in [0.2, 0.25) is 5.91 Å². The van der Waals surface area contributed by atoms with Crippen molar-refractivity contribution in [3.8, 4) is 23.0 Å². The van der Waals surface area contributed by atoms with Gasteiger partial charge in [-0.2, -0.15) is 0 Å². The Morgan fingerprint density at radius 3 is 2.29 bits per heavy atom. The van der Waals surface area contributed by atoms with Gasteiger partial charge in [-0.25, -0.2) is 0 Å².